The zero-order chi connectivity index (χ0) is 16.9. The number of benzene rings is 1. The zero-order valence-corrected chi connectivity index (χ0v) is 13.9. The van der Waals surface area contributed by atoms with Gasteiger partial charge in [0.2, 0.25) is 11.7 Å². The average Bonchev–Trinajstić information content (AvgIpc) is 3.05. The number of nitrogens with zero attached hydrogens (tertiary/aromatic N) is 3. The molecule has 2 aromatic rings. The molecule has 1 aliphatic rings. The number of rotatable bonds is 5. The fourth-order valence-electron chi connectivity index (χ4n) is 2.57. The van der Waals surface area contributed by atoms with E-state index in [-0.39, 0.29) is 18.6 Å². The third-order valence-electron chi connectivity index (χ3n) is 3.92. The predicted molar refractivity (Wildman–Crippen MR) is 85.7 cm³/mol. The van der Waals surface area contributed by atoms with Gasteiger partial charge < -0.3 is 18.9 Å². The first kappa shape index (κ1) is 16.4. The van der Waals surface area contributed by atoms with Crippen LogP contribution in [0.25, 0.3) is 0 Å². The van der Waals surface area contributed by atoms with Gasteiger partial charge in [0.25, 0.3) is 5.91 Å². The van der Waals surface area contributed by atoms with E-state index in [1.165, 1.54) is 0 Å². The average molecular weight is 331 g/mol. The van der Waals surface area contributed by atoms with Crippen molar-refractivity contribution in [2.24, 2.45) is 0 Å². The van der Waals surface area contributed by atoms with Crippen LogP contribution >= 0.6 is 0 Å². The van der Waals surface area contributed by atoms with Crippen LogP contribution in [0.5, 0.6) is 5.75 Å². The van der Waals surface area contributed by atoms with E-state index >= 15 is 0 Å². The van der Waals surface area contributed by atoms with Gasteiger partial charge in [-0.05, 0) is 30.7 Å². The minimum absolute atomic E-state index is 0.0251. The lowest BCUT2D eigenvalue weighted by Crippen LogP contribution is -2.45. The van der Waals surface area contributed by atoms with Crippen molar-refractivity contribution in [3.05, 3.63) is 41.5 Å². The Morgan fingerprint density at radius 2 is 2.17 bits per heavy atom. The smallest absolute Gasteiger partial charge is 0.254 e. The van der Waals surface area contributed by atoms with Gasteiger partial charge in [0.1, 0.15) is 5.75 Å². The highest BCUT2D eigenvalue weighted by Gasteiger charge is 2.23. The molecule has 1 aromatic heterocycles. The summed E-state index contributed by atoms with van der Waals surface area (Å²) in [5.74, 6) is 1.68. The molecule has 0 radical (unpaired) electrons. The van der Waals surface area contributed by atoms with E-state index in [0.29, 0.717) is 42.7 Å². The van der Waals surface area contributed by atoms with E-state index < -0.39 is 0 Å². The summed E-state index contributed by atoms with van der Waals surface area (Å²) < 4.78 is 16.1. The summed E-state index contributed by atoms with van der Waals surface area (Å²) in [6.07, 6.45) is 1.04. The van der Waals surface area contributed by atoms with Crippen molar-refractivity contribution in [2.75, 3.05) is 19.7 Å². The van der Waals surface area contributed by atoms with Crippen LogP contribution < -0.4 is 4.74 Å². The highest BCUT2D eigenvalue weighted by atomic mass is 16.5. The van der Waals surface area contributed by atoms with Crippen molar-refractivity contribution >= 4 is 5.91 Å². The first-order valence-electron chi connectivity index (χ1n) is 8.08. The maximum Gasteiger partial charge on any atom is 0.254 e. The SMILES string of the molecule is CC[C@@H]1CN(C(=O)c2ccc(OCc3noc(C)n3)cc2)CCO1. The van der Waals surface area contributed by atoms with Gasteiger partial charge in [-0.2, -0.15) is 4.98 Å². The van der Waals surface area contributed by atoms with Gasteiger partial charge in [0.15, 0.2) is 6.61 Å². The second-order valence-electron chi connectivity index (χ2n) is 5.69. The summed E-state index contributed by atoms with van der Waals surface area (Å²) >= 11 is 0. The van der Waals surface area contributed by atoms with Gasteiger partial charge in [-0.3, -0.25) is 4.79 Å². The van der Waals surface area contributed by atoms with Crippen molar-refractivity contribution in [3.63, 3.8) is 0 Å². The van der Waals surface area contributed by atoms with Crippen molar-refractivity contribution in [3.8, 4) is 5.75 Å². The highest BCUT2D eigenvalue weighted by Crippen LogP contribution is 2.17. The molecule has 24 heavy (non-hydrogen) atoms. The van der Waals surface area contributed by atoms with Crippen LogP contribution in [0.3, 0.4) is 0 Å². The Labute approximate surface area is 140 Å². The van der Waals surface area contributed by atoms with Crippen LogP contribution in [0, 0.1) is 6.92 Å². The number of hydrogen-bond donors (Lipinski definition) is 0. The Morgan fingerprint density at radius 1 is 1.38 bits per heavy atom. The second-order valence-corrected chi connectivity index (χ2v) is 5.69. The third kappa shape index (κ3) is 3.91. The Balaban J connectivity index is 1.58. The predicted octanol–water partition coefficient (Wildman–Crippen LogP) is 2.21. The quantitative estimate of drug-likeness (QED) is 0.836. The Kier molecular flexibility index (Phi) is 5.10. The lowest BCUT2D eigenvalue weighted by atomic mass is 10.1. The molecule has 2 heterocycles. The number of amides is 1. The number of hydrogen-bond acceptors (Lipinski definition) is 6. The van der Waals surface area contributed by atoms with Crippen LogP contribution in [0.15, 0.2) is 28.8 Å². The molecule has 0 N–H and O–H groups in total. The standard InChI is InChI=1S/C17H21N3O4/c1-3-14-10-20(8-9-22-14)17(21)13-4-6-15(7-5-13)23-11-16-18-12(2)24-19-16/h4-7,14H,3,8-11H2,1-2H3/t14-/m1/s1. The van der Waals surface area contributed by atoms with Gasteiger partial charge in [0, 0.05) is 25.6 Å². The maximum atomic E-state index is 12.6. The molecule has 7 heteroatoms. The summed E-state index contributed by atoms with van der Waals surface area (Å²) in [6, 6.07) is 7.10. The lowest BCUT2D eigenvalue weighted by molar-refractivity contribution is -0.0226. The van der Waals surface area contributed by atoms with E-state index in [0.717, 1.165) is 6.42 Å². The fourth-order valence-corrected chi connectivity index (χ4v) is 2.57. The van der Waals surface area contributed by atoms with Gasteiger partial charge in [-0.15, -0.1) is 0 Å². The maximum absolute atomic E-state index is 12.6. The number of aromatic nitrogens is 2. The van der Waals surface area contributed by atoms with E-state index in [2.05, 4.69) is 17.1 Å². The largest absolute Gasteiger partial charge is 0.485 e. The van der Waals surface area contributed by atoms with Crippen molar-refractivity contribution in [1.29, 1.82) is 0 Å². The minimum Gasteiger partial charge on any atom is -0.485 e. The topological polar surface area (TPSA) is 77.7 Å². The molecule has 7 nitrogen and oxygen atoms in total. The van der Waals surface area contributed by atoms with Crippen molar-refractivity contribution in [1.82, 2.24) is 15.0 Å². The van der Waals surface area contributed by atoms with Gasteiger partial charge in [-0.1, -0.05) is 12.1 Å². The summed E-state index contributed by atoms with van der Waals surface area (Å²) in [5, 5.41) is 3.77. The lowest BCUT2D eigenvalue weighted by Gasteiger charge is -2.32. The second kappa shape index (κ2) is 7.44. The summed E-state index contributed by atoms with van der Waals surface area (Å²) in [5.41, 5.74) is 0.648. The van der Waals surface area contributed by atoms with Gasteiger partial charge in [0.05, 0.1) is 12.7 Å². The van der Waals surface area contributed by atoms with Crippen LogP contribution in [-0.4, -0.2) is 46.7 Å². The Hall–Kier alpha value is -2.41. The van der Waals surface area contributed by atoms with Gasteiger partial charge >= 0.3 is 0 Å². The molecule has 3 rings (SSSR count). The van der Waals surface area contributed by atoms with Crippen LogP contribution in [-0.2, 0) is 11.3 Å². The van der Waals surface area contributed by atoms with E-state index in [1.54, 1.807) is 31.2 Å². The van der Waals surface area contributed by atoms with Gasteiger partial charge in [-0.25, -0.2) is 0 Å². The minimum atomic E-state index is 0.0251. The third-order valence-corrected chi connectivity index (χ3v) is 3.92. The number of aryl methyl sites for hydroxylation is 1. The van der Waals surface area contributed by atoms with E-state index in [1.807, 2.05) is 4.90 Å². The normalized spacial score (nSPS) is 17.8. The number of ether oxygens (including phenoxy) is 2. The monoisotopic (exact) mass is 331 g/mol. The zero-order valence-electron chi connectivity index (χ0n) is 13.9. The molecule has 0 bridgehead atoms. The van der Waals surface area contributed by atoms with Crippen molar-refractivity contribution in [2.45, 2.75) is 33.0 Å². The first-order valence-corrected chi connectivity index (χ1v) is 8.08. The van der Waals surface area contributed by atoms with E-state index in [4.69, 9.17) is 14.0 Å². The number of carbonyl (C=O) groups is 1. The molecule has 0 spiro atoms. The summed E-state index contributed by atoms with van der Waals surface area (Å²) in [4.78, 5) is 18.5. The number of carbonyl (C=O) groups excluding carboxylic acids is 1. The molecule has 1 amide bonds. The first-order chi connectivity index (χ1) is 11.7. The molecule has 0 saturated carbocycles. The van der Waals surface area contributed by atoms with Crippen LogP contribution in [0.4, 0.5) is 0 Å². The Bertz CT molecular complexity index is 683. The highest BCUT2D eigenvalue weighted by molar-refractivity contribution is 5.94. The fraction of sp³-hybridized carbons (Fsp3) is 0.471. The van der Waals surface area contributed by atoms with Crippen LogP contribution in [0.2, 0.25) is 0 Å². The van der Waals surface area contributed by atoms with E-state index in [9.17, 15) is 4.79 Å². The molecular formula is C17H21N3O4. The summed E-state index contributed by atoms with van der Waals surface area (Å²) in [6.45, 7) is 5.89. The molecular weight excluding hydrogens is 310 g/mol. The molecule has 128 valence electrons. The molecule has 0 aliphatic carbocycles. The molecule has 1 saturated heterocycles. The molecule has 1 fully saturated rings. The Morgan fingerprint density at radius 3 is 2.83 bits per heavy atom. The molecule has 1 aliphatic heterocycles. The van der Waals surface area contributed by atoms with Crippen LogP contribution in [0.1, 0.15) is 35.4 Å². The molecule has 1 atom stereocenters. The molecule has 0 unspecified atom stereocenters. The summed E-state index contributed by atoms with van der Waals surface area (Å²) in [7, 11) is 0. The molecule has 1 aromatic carbocycles. The number of morpholine rings is 1. The van der Waals surface area contributed by atoms with Crippen molar-refractivity contribution < 1.29 is 18.8 Å².